The van der Waals surface area contributed by atoms with Gasteiger partial charge in [-0.2, -0.15) is 23.5 Å². The predicted octanol–water partition coefficient (Wildman–Crippen LogP) is 5.40. The van der Waals surface area contributed by atoms with E-state index < -0.39 is 12.2 Å². The number of fused-ring (bicyclic) bond motifs is 1. The molecule has 0 bridgehead atoms. The van der Waals surface area contributed by atoms with Gasteiger partial charge in [-0.05, 0) is 35.0 Å². The molecule has 0 aromatic heterocycles. The number of aliphatic hydroxyl groups excluding tert-OH is 2. The highest BCUT2D eigenvalue weighted by Gasteiger charge is 2.18. The molecule has 4 rings (SSSR count). The van der Waals surface area contributed by atoms with Crippen LogP contribution in [-0.4, -0.2) is 90.8 Å². The summed E-state index contributed by atoms with van der Waals surface area (Å²) < 4.78 is 13.0. The Hall–Kier alpha value is 0.320. The van der Waals surface area contributed by atoms with Crippen molar-refractivity contribution in [2.45, 2.75) is 21.4 Å². The summed E-state index contributed by atoms with van der Waals surface area (Å²) >= 11 is 11.7. The summed E-state index contributed by atoms with van der Waals surface area (Å²) in [6.45, 7) is 0.608. The number of rotatable bonds is 14. The van der Waals surface area contributed by atoms with Crippen molar-refractivity contribution in [2.24, 2.45) is 0 Å². The van der Waals surface area contributed by atoms with Crippen molar-refractivity contribution in [2.75, 3.05) is 59.2 Å². The number of hydrogen-bond acceptors (Lipinski definition) is 10. The minimum absolute atomic E-state index is 0.304. The quantitative estimate of drug-likeness (QED) is 0.306. The Kier molecular flexibility index (Phi) is 12.0. The highest BCUT2D eigenvalue weighted by molar-refractivity contribution is 8.21. The van der Waals surface area contributed by atoms with Gasteiger partial charge in [0.25, 0.3) is 0 Å². The van der Waals surface area contributed by atoms with Gasteiger partial charge in [0.2, 0.25) is 0 Å². The topological polar surface area (TPSA) is 58.9 Å². The van der Waals surface area contributed by atoms with Crippen LogP contribution in [0.25, 0.3) is 10.8 Å². The summed E-state index contributed by atoms with van der Waals surface area (Å²) in [6, 6.07) is 11.9. The van der Waals surface area contributed by atoms with E-state index in [9.17, 15) is 10.2 Å². The maximum atomic E-state index is 10.2. The largest absolute Gasteiger partial charge is 0.491 e. The van der Waals surface area contributed by atoms with Gasteiger partial charge in [0.15, 0.2) is 0 Å². The van der Waals surface area contributed by atoms with Crippen molar-refractivity contribution in [3.05, 3.63) is 36.4 Å². The number of ether oxygens (including phenoxy) is 2. The minimum atomic E-state index is -0.465. The fraction of sp³-hybridized carbons (Fsp3) is 0.583. The van der Waals surface area contributed by atoms with Crippen molar-refractivity contribution in [1.29, 1.82) is 0 Å². The zero-order chi connectivity index (χ0) is 23.6. The van der Waals surface area contributed by atoms with Crippen LogP contribution in [0.3, 0.4) is 0 Å². The molecule has 0 saturated carbocycles. The molecule has 0 aliphatic carbocycles. The van der Waals surface area contributed by atoms with E-state index in [1.54, 1.807) is 0 Å². The van der Waals surface area contributed by atoms with Gasteiger partial charge in [-0.3, -0.25) is 0 Å². The number of aliphatic hydroxyl groups is 2. The van der Waals surface area contributed by atoms with E-state index in [1.807, 2.05) is 107 Å². The molecular formula is C24H32O4S6. The summed E-state index contributed by atoms with van der Waals surface area (Å²) in [5, 5.41) is 22.6. The fourth-order valence-corrected chi connectivity index (χ4v) is 12.1. The van der Waals surface area contributed by atoms with Gasteiger partial charge in [-0.1, -0.05) is 12.1 Å². The van der Waals surface area contributed by atoms with Crippen LogP contribution in [0.1, 0.15) is 0 Å². The molecule has 0 amide bonds. The van der Waals surface area contributed by atoms with Gasteiger partial charge in [0.05, 0.1) is 21.4 Å². The third kappa shape index (κ3) is 9.32. The summed E-state index contributed by atoms with van der Waals surface area (Å²) in [7, 11) is 0. The number of hydrogen-bond donors (Lipinski definition) is 2. The van der Waals surface area contributed by atoms with Crippen molar-refractivity contribution in [3.63, 3.8) is 0 Å². The highest BCUT2D eigenvalue weighted by atomic mass is 32.2. The standard InChI is InChI=1S/C24H32O4S6/c25-19(13-29-15-23-31-5-6-32-23)11-27-21-3-1-17-9-22(4-2-18(17)10-21)28-12-20(26)14-30-16-24-33-7-8-34-24/h1-4,9-10,19-20,23-26H,5-8,11-16H2. The zero-order valence-electron chi connectivity index (χ0n) is 19.0. The molecule has 2 unspecified atom stereocenters. The third-order valence-corrected chi connectivity index (χ3v) is 14.5. The SMILES string of the molecule is OC(COc1ccc2cc(OCC(O)CSCC3SCCS3)ccc2c1)CSCC1SCCS1. The van der Waals surface area contributed by atoms with Gasteiger partial charge in [-0.15, -0.1) is 47.0 Å². The van der Waals surface area contributed by atoms with E-state index in [4.69, 9.17) is 9.47 Å². The number of benzene rings is 2. The van der Waals surface area contributed by atoms with Gasteiger partial charge in [0.1, 0.15) is 24.7 Å². The first-order valence-corrected chi connectivity index (χ1v) is 17.9. The van der Waals surface area contributed by atoms with Gasteiger partial charge in [0, 0.05) is 46.0 Å². The molecule has 2 N–H and O–H groups in total. The van der Waals surface area contributed by atoms with Gasteiger partial charge >= 0.3 is 0 Å². The summed E-state index contributed by atoms with van der Waals surface area (Å²) in [4.78, 5) is 0. The lowest BCUT2D eigenvalue weighted by molar-refractivity contribution is 0.126. The molecule has 2 fully saturated rings. The molecule has 2 saturated heterocycles. The second-order valence-corrected chi connectivity index (χ2v) is 16.0. The molecular weight excluding hydrogens is 545 g/mol. The van der Waals surface area contributed by atoms with E-state index in [1.165, 1.54) is 23.0 Å². The molecule has 2 aliphatic heterocycles. The Balaban J connectivity index is 1.16. The van der Waals surface area contributed by atoms with Crippen LogP contribution in [0, 0.1) is 0 Å². The molecule has 0 spiro atoms. The second-order valence-electron chi connectivity index (χ2n) is 8.02. The molecule has 2 aliphatic rings. The lowest BCUT2D eigenvalue weighted by atomic mass is 10.1. The molecule has 2 atom stereocenters. The van der Waals surface area contributed by atoms with Crippen LogP contribution < -0.4 is 9.47 Å². The summed E-state index contributed by atoms with van der Waals surface area (Å²) in [5.74, 6) is 10.1. The van der Waals surface area contributed by atoms with Gasteiger partial charge in [-0.25, -0.2) is 0 Å². The van der Waals surface area contributed by atoms with Crippen molar-refractivity contribution in [1.82, 2.24) is 0 Å². The van der Waals surface area contributed by atoms with Crippen LogP contribution in [0.2, 0.25) is 0 Å². The van der Waals surface area contributed by atoms with E-state index in [2.05, 4.69) is 0 Å². The monoisotopic (exact) mass is 576 g/mol. The van der Waals surface area contributed by atoms with Crippen LogP contribution in [0.4, 0.5) is 0 Å². The Bertz CT molecular complexity index is 804. The summed E-state index contributed by atoms with van der Waals surface area (Å²) in [5.41, 5.74) is 0. The van der Waals surface area contributed by atoms with Crippen molar-refractivity contribution < 1.29 is 19.7 Å². The molecule has 2 aromatic carbocycles. The van der Waals surface area contributed by atoms with Crippen LogP contribution in [0.15, 0.2) is 36.4 Å². The smallest absolute Gasteiger partial charge is 0.120 e. The predicted molar refractivity (Wildman–Crippen MR) is 159 cm³/mol. The number of thioether (sulfide) groups is 6. The average Bonchev–Trinajstić information content (AvgIpc) is 3.56. The Morgan fingerprint density at radius 1 is 0.706 bits per heavy atom. The maximum Gasteiger partial charge on any atom is 0.120 e. The summed E-state index contributed by atoms with van der Waals surface area (Å²) in [6.07, 6.45) is -0.929. The Labute approximate surface area is 228 Å². The lowest BCUT2D eigenvalue weighted by Gasteiger charge is -2.15. The maximum absolute atomic E-state index is 10.2. The first kappa shape index (κ1) is 27.4. The molecule has 34 heavy (non-hydrogen) atoms. The molecule has 2 aromatic rings. The minimum Gasteiger partial charge on any atom is -0.491 e. The zero-order valence-corrected chi connectivity index (χ0v) is 23.9. The first-order valence-electron chi connectivity index (χ1n) is 11.4. The molecule has 0 radical (unpaired) electrons. The Morgan fingerprint density at radius 2 is 1.12 bits per heavy atom. The van der Waals surface area contributed by atoms with E-state index in [-0.39, 0.29) is 0 Å². The second kappa shape index (κ2) is 14.9. The molecule has 2 heterocycles. The fourth-order valence-electron chi connectivity index (χ4n) is 3.47. The van der Waals surface area contributed by atoms with E-state index in [0.717, 1.165) is 33.8 Å². The molecule has 4 nitrogen and oxygen atoms in total. The van der Waals surface area contributed by atoms with Crippen LogP contribution >= 0.6 is 70.6 Å². The van der Waals surface area contributed by atoms with Crippen LogP contribution in [-0.2, 0) is 0 Å². The Morgan fingerprint density at radius 3 is 1.53 bits per heavy atom. The van der Waals surface area contributed by atoms with Crippen LogP contribution in [0.5, 0.6) is 11.5 Å². The molecule has 188 valence electrons. The van der Waals surface area contributed by atoms with E-state index >= 15 is 0 Å². The lowest BCUT2D eigenvalue weighted by Crippen LogP contribution is -2.21. The van der Waals surface area contributed by atoms with E-state index in [0.29, 0.717) is 33.9 Å². The van der Waals surface area contributed by atoms with Crippen molar-refractivity contribution in [3.8, 4) is 11.5 Å². The highest BCUT2D eigenvalue weighted by Crippen LogP contribution is 2.35. The van der Waals surface area contributed by atoms with Crippen molar-refractivity contribution >= 4 is 81.3 Å². The van der Waals surface area contributed by atoms with Gasteiger partial charge < -0.3 is 19.7 Å². The molecule has 10 heteroatoms. The first-order chi connectivity index (χ1) is 16.7. The normalized spacial score (nSPS) is 19.0. The third-order valence-electron chi connectivity index (χ3n) is 5.18. The average molecular weight is 577 g/mol.